The number of carbonyl (C=O) groups excluding carboxylic acids is 1. The standard InChI is InChI=1S/C12H9Cl2F3N2O2/c1-6-5-11(21,12(15,16)17)19(18-6)10(20)8-3-2-7(13)4-9(8)14/h2-4,21H,5H2,1H3/t11-/m1/s1. The van der Waals surface area contributed by atoms with Crippen LogP contribution in [0.5, 0.6) is 0 Å². The fraction of sp³-hybridized carbons (Fsp3) is 0.333. The molecule has 0 unspecified atom stereocenters. The van der Waals surface area contributed by atoms with E-state index < -0.39 is 24.2 Å². The summed E-state index contributed by atoms with van der Waals surface area (Å²) in [5.74, 6) is -1.16. The summed E-state index contributed by atoms with van der Waals surface area (Å²) >= 11 is 11.5. The molecule has 1 amide bonds. The van der Waals surface area contributed by atoms with Crippen LogP contribution in [0.3, 0.4) is 0 Å². The molecule has 0 saturated carbocycles. The Balaban J connectivity index is 2.46. The molecule has 1 heterocycles. The maximum atomic E-state index is 13.0. The number of hydrogen-bond acceptors (Lipinski definition) is 3. The zero-order valence-corrected chi connectivity index (χ0v) is 12.1. The molecule has 2 rings (SSSR count). The van der Waals surface area contributed by atoms with Gasteiger partial charge in [-0.1, -0.05) is 23.2 Å². The molecule has 1 aromatic rings. The smallest absolute Gasteiger partial charge is 0.362 e. The molecule has 0 spiro atoms. The van der Waals surface area contributed by atoms with Crippen molar-refractivity contribution in [3.05, 3.63) is 33.8 Å². The summed E-state index contributed by atoms with van der Waals surface area (Å²) in [6.45, 7) is 1.29. The van der Waals surface area contributed by atoms with Crippen molar-refractivity contribution in [1.82, 2.24) is 5.01 Å². The number of aliphatic hydroxyl groups is 1. The van der Waals surface area contributed by atoms with Gasteiger partial charge in [0, 0.05) is 17.2 Å². The van der Waals surface area contributed by atoms with Crippen LogP contribution in [0.15, 0.2) is 23.3 Å². The van der Waals surface area contributed by atoms with Crippen molar-refractivity contribution in [3.63, 3.8) is 0 Å². The van der Waals surface area contributed by atoms with Crippen LogP contribution in [0.4, 0.5) is 13.2 Å². The lowest BCUT2D eigenvalue weighted by Crippen LogP contribution is -2.56. The second-order valence-corrected chi connectivity index (χ2v) is 5.41. The molecule has 1 aliphatic heterocycles. The highest BCUT2D eigenvalue weighted by atomic mass is 35.5. The zero-order chi connectivity index (χ0) is 16.0. The number of hydrogen-bond donors (Lipinski definition) is 1. The molecule has 0 radical (unpaired) electrons. The van der Waals surface area contributed by atoms with Gasteiger partial charge < -0.3 is 5.11 Å². The first-order valence-corrected chi connectivity index (χ1v) is 6.44. The van der Waals surface area contributed by atoms with Gasteiger partial charge in [0.15, 0.2) is 0 Å². The molecule has 1 N–H and O–H groups in total. The van der Waals surface area contributed by atoms with Crippen molar-refractivity contribution in [1.29, 1.82) is 0 Å². The normalized spacial score (nSPS) is 22.4. The molecule has 0 aromatic heterocycles. The highest BCUT2D eigenvalue weighted by Crippen LogP contribution is 2.41. The summed E-state index contributed by atoms with van der Waals surface area (Å²) in [7, 11) is 0. The number of carbonyl (C=O) groups is 1. The average Bonchev–Trinajstić information content (AvgIpc) is 2.64. The van der Waals surface area contributed by atoms with Gasteiger partial charge in [-0.15, -0.1) is 0 Å². The van der Waals surface area contributed by atoms with E-state index in [9.17, 15) is 23.1 Å². The number of nitrogens with zero attached hydrogens (tertiary/aromatic N) is 2. The first-order valence-electron chi connectivity index (χ1n) is 5.69. The minimum Gasteiger partial charge on any atom is -0.362 e. The molecule has 21 heavy (non-hydrogen) atoms. The Morgan fingerprint density at radius 1 is 1.43 bits per heavy atom. The maximum Gasteiger partial charge on any atom is 0.438 e. The lowest BCUT2D eigenvalue weighted by molar-refractivity contribution is -0.297. The molecule has 1 aliphatic rings. The molecule has 0 aliphatic carbocycles. The second-order valence-electron chi connectivity index (χ2n) is 4.57. The van der Waals surface area contributed by atoms with Crippen LogP contribution in [0.25, 0.3) is 0 Å². The lowest BCUT2D eigenvalue weighted by atomic mass is 10.1. The number of hydrazone groups is 1. The Morgan fingerprint density at radius 3 is 2.57 bits per heavy atom. The van der Waals surface area contributed by atoms with Crippen molar-refractivity contribution in [3.8, 4) is 0 Å². The van der Waals surface area contributed by atoms with Crippen molar-refractivity contribution in [2.24, 2.45) is 5.10 Å². The second kappa shape index (κ2) is 5.15. The third kappa shape index (κ3) is 2.73. The van der Waals surface area contributed by atoms with E-state index in [1.54, 1.807) is 0 Å². The van der Waals surface area contributed by atoms with Gasteiger partial charge in [0.1, 0.15) is 0 Å². The summed E-state index contributed by atoms with van der Waals surface area (Å²) < 4.78 is 39.1. The number of benzene rings is 1. The summed E-state index contributed by atoms with van der Waals surface area (Å²) in [6, 6.07) is 3.70. The van der Waals surface area contributed by atoms with Gasteiger partial charge in [0.2, 0.25) is 0 Å². The van der Waals surface area contributed by atoms with E-state index in [0.717, 1.165) is 0 Å². The van der Waals surface area contributed by atoms with Gasteiger partial charge in [0.05, 0.1) is 10.6 Å². The Morgan fingerprint density at radius 2 is 2.05 bits per heavy atom. The first-order chi connectivity index (χ1) is 9.56. The van der Waals surface area contributed by atoms with Crippen molar-refractivity contribution >= 4 is 34.8 Å². The maximum absolute atomic E-state index is 13.0. The van der Waals surface area contributed by atoms with E-state index in [1.165, 1.54) is 25.1 Å². The molecule has 1 atom stereocenters. The van der Waals surface area contributed by atoms with Crippen LogP contribution in [0.2, 0.25) is 10.0 Å². The predicted molar refractivity (Wildman–Crippen MR) is 71.4 cm³/mol. The Labute approximate surface area is 127 Å². The summed E-state index contributed by atoms with van der Waals surface area (Å²) in [4.78, 5) is 12.2. The minimum atomic E-state index is -5.05. The van der Waals surface area contributed by atoms with E-state index in [0.29, 0.717) is 0 Å². The lowest BCUT2D eigenvalue weighted by Gasteiger charge is -2.32. The van der Waals surface area contributed by atoms with Crippen molar-refractivity contribution in [2.75, 3.05) is 0 Å². The monoisotopic (exact) mass is 340 g/mol. The van der Waals surface area contributed by atoms with E-state index in [2.05, 4.69) is 5.10 Å². The highest BCUT2D eigenvalue weighted by molar-refractivity contribution is 6.36. The average molecular weight is 341 g/mol. The van der Waals surface area contributed by atoms with E-state index in [4.69, 9.17) is 23.2 Å². The van der Waals surface area contributed by atoms with Crippen LogP contribution >= 0.6 is 23.2 Å². The molecule has 114 valence electrons. The molecular formula is C12H9Cl2F3N2O2. The number of amides is 1. The van der Waals surface area contributed by atoms with Crippen molar-refractivity contribution in [2.45, 2.75) is 25.2 Å². The van der Waals surface area contributed by atoms with Crippen molar-refractivity contribution < 1.29 is 23.1 Å². The summed E-state index contributed by atoms with van der Waals surface area (Å²) in [5.41, 5.74) is -3.63. The molecule has 0 saturated heterocycles. The van der Waals surface area contributed by atoms with Crippen LogP contribution in [0.1, 0.15) is 23.7 Å². The summed E-state index contributed by atoms with van der Waals surface area (Å²) in [6.07, 6.45) is -5.86. The summed E-state index contributed by atoms with van der Waals surface area (Å²) in [5, 5.41) is 13.4. The molecule has 0 fully saturated rings. The van der Waals surface area contributed by atoms with Gasteiger partial charge in [-0.25, -0.2) is 0 Å². The molecule has 9 heteroatoms. The third-order valence-electron chi connectivity index (χ3n) is 2.93. The first kappa shape index (κ1) is 16.1. The zero-order valence-electron chi connectivity index (χ0n) is 10.6. The minimum absolute atomic E-state index is 0.0114. The Kier molecular flexibility index (Phi) is 3.94. The molecule has 4 nitrogen and oxygen atoms in total. The topological polar surface area (TPSA) is 52.9 Å². The van der Waals surface area contributed by atoms with Gasteiger partial charge in [-0.05, 0) is 25.1 Å². The van der Waals surface area contributed by atoms with E-state index >= 15 is 0 Å². The molecule has 1 aromatic carbocycles. The largest absolute Gasteiger partial charge is 0.438 e. The number of rotatable bonds is 1. The fourth-order valence-electron chi connectivity index (χ4n) is 1.93. The van der Waals surface area contributed by atoms with Gasteiger partial charge >= 0.3 is 6.18 Å². The van der Waals surface area contributed by atoms with E-state index in [1.807, 2.05) is 0 Å². The van der Waals surface area contributed by atoms with Gasteiger partial charge in [0.25, 0.3) is 11.6 Å². The van der Waals surface area contributed by atoms with Crippen LogP contribution in [-0.4, -0.2) is 33.6 Å². The SMILES string of the molecule is CC1=NN(C(=O)c2ccc(Cl)cc2Cl)[C@](O)(C(F)(F)F)C1. The van der Waals surface area contributed by atoms with Gasteiger partial charge in [-0.2, -0.15) is 23.3 Å². The Hall–Kier alpha value is -1.31. The highest BCUT2D eigenvalue weighted by Gasteiger charge is 2.62. The number of alkyl halides is 3. The fourth-order valence-corrected chi connectivity index (χ4v) is 2.42. The number of halogens is 5. The third-order valence-corrected chi connectivity index (χ3v) is 3.48. The molecular weight excluding hydrogens is 332 g/mol. The van der Waals surface area contributed by atoms with Crippen LogP contribution < -0.4 is 0 Å². The molecule has 0 bridgehead atoms. The van der Waals surface area contributed by atoms with E-state index in [-0.39, 0.29) is 26.3 Å². The quantitative estimate of drug-likeness (QED) is 0.851. The van der Waals surface area contributed by atoms with Crippen LogP contribution in [-0.2, 0) is 0 Å². The Bertz CT molecular complexity index is 633. The van der Waals surface area contributed by atoms with Gasteiger partial charge in [-0.3, -0.25) is 4.79 Å². The predicted octanol–water partition coefficient (Wildman–Crippen LogP) is 3.47. The van der Waals surface area contributed by atoms with Crippen LogP contribution in [0, 0.1) is 0 Å².